The molecule has 6 heteroatoms. The maximum atomic E-state index is 12.5. The van der Waals surface area contributed by atoms with Crippen LogP contribution in [0.5, 0.6) is 0 Å². The first-order valence-electron chi connectivity index (χ1n) is 4.77. The number of hydrogen-bond donors (Lipinski definition) is 0. The Hall–Kier alpha value is -1.01. The van der Waals surface area contributed by atoms with E-state index in [0.29, 0.717) is 18.8 Å². The summed E-state index contributed by atoms with van der Waals surface area (Å²) in [6, 6.07) is 0. The van der Waals surface area contributed by atoms with Crippen molar-refractivity contribution in [3.63, 3.8) is 0 Å². The zero-order valence-electron chi connectivity index (χ0n) is 8.74. The SMILES string of the molecule is CC1(C)COB(c2cnc(F)cn2)OC1. The van der Waals surface area contributed by atoms with Crippen LogP contribution in [-0.2, 0) is 9.31 Å². The predicted octanol–water partition coefficient (Wildman–Crippen LogP) is 0.384. The largest absolute Gasteiger partial charge is 0.515 e. The quantitative estimate of drug-likeness (QED) is 0.628. The minimum Gasteiger partial charge on any atom is -0.406 e. The molecular weight excluding hydrogens is 198 g/mol. The molecule has 1 aliphatic heterocycles. The summed E-state index contributed by atoms with van der Waals surface area (Å²) in [6.07, 6.45) is 2.39. The number of rotatable bonds is 1. The Kier molecular flexibility index (Phi) is 2.71. The Morgan fingerprint density at radius 1 is 1.27 bits per heavy atom. The number of nitrogens with zero attached hydrogens (tertiary/aromatic N) is 2. The summed E-state index contributed by atoms with van der Waals surface area (Å²) in [5.41, 5.74) is 0.524. The third kappa shape index (κ3) is 2.51. The van der Waals surface area contributed by atoms with E-state index in [9.17, 15) is 4.39 Å². The van der Waals surface area contributed by atoms with Crippen LogP contribution >= 0.6 is 0 Å². The second kappa shape index (κ2) is 3.86. The maximum Gasteiger partial charge on any atom is 0.515 e. The van der Waals surface area contributed by atoms with Crippen molar-refractivity contribution < 1.29 is 13.7 Å². The van der Waals surface area contributed by atoms with Crippen LogP contribution in [0.15, 0.2) is 12.4 Å². The molecule has 0 unspecified atom stereocenters. The highest BCUT2D eigenvalue weighted by molar-refractivity contribution is 6.60. The van der Waals surface area contributed by atoms with Gasteiger partial charge in [-0.05, 0) is 0 Å². The monoisotopic (exact) mass is 210 g/mol. The van der Waals surface area contributed by atoms with E-state index in [1.54, 1.807) is 0 Å². The average molecular weight is 210 g/mol. The fraction of sp³-hybridized carbons (Fsp3) is 0.556. The van der Waals surface area contributed by atoms with Crippen LogP contribution in [-0.4, -0.2) is 30.3 Å². The molecule has 1 saturated heterocycles. The van der Waals surface area contributed by atoms with E-state index in [4.69, 9.17) is 9.31 Å². The molecule has 1 fully saturated rings. The fourth-order valence-corrected chi connectivity index (χ4v) is 1.31. The molecule has 2 rings (SSSR count). The highest BCUT2D eigenvalue weighted by Crippen LogP contribution is 2.20. The van der Waals surface area contributed by atoms with E-state index in [1.807, 2.05) is 0 Å². The minimum atomic E-state index is -0.602. The molecule has 0 aromatic carbocycles. The Morgan fingerprint density at radius 3 is 2.47 bits per heavy atom. The standard InChI is InChI=1S/C9H12BFN2O2/c1-9(2)5-14-10(15-6-9)7-3-13-8(11)4-12-7/h3-4H,5-6H2,1-2H3. The second-order valence-corrected chi connectivity index (χ2v) is 4.38. The number of aromatic nitrogens is 2. The molecule has 0 atom stereocenters. The second-order valence-electron chi connectivity index (χ2n) is 4.38. The molecule has 4 nitrogen and oxygen atoms in total. The molecule has 0 radical (unpaired) electrons. The van der Waals surface area contributed by atoms with Crippen LogP contribution in [0.2, 0.25) is 0 Å². The van der Waals surface area contributed by atoms with Gasteiger partial charge in [0.15, 0.2) is 0 Å². The molecule has 1 aliphatic rings. The van der Waals surface area contributed by atoms with Crippen molar-refractivity contribution >= 4 is 12.7 Å². The maximum absolute atomic E-state index is 12.5. The zero-order valence-corrected chi connectivity index (χ0v) is 8.74. The molecule has 0 bridgehead atoms. The van der Waals surface area contributed by atoms with Gasteiger partial charge in [-0.3, -0.25) is 4.98 Å². The van der Waals surface area contributed by atoms with Gasteiger partial charge in [0, 0.05) is 24.8 Å². The summed E-state index contributed by atoms with van der Waals surface area (Å²) in [5, 5.41) is 0. The molecule has 0 aliphatic carbocycles. The third-order valence-electron chi connectivity index (χ3n) is 2.13. The third-order valence-corrected chi connectivity index (χ3v) is 2.13. The molecule has 0 N–H and O–H groups in total. The van der Waals surface area contributed by atoms with Crippen molar-refractivity contribution in [1.82, 2.24) is 9.97 Å². The topological polar surface area (TPSA) is 44.2 Å². The van der Waals surface area contributed by atoms with Crippen LogP contribution < -0.4 is 5.59 Å². The molecule has 0 saturated carbocycles. The smallest absolute Gasteiger partial charge is 0.406 e. The molecule has 2 heterocycles. The van der Waals surface area contributed by atoms with Crippen LogP contribution in [0.4, 0.5) is 4.39 Å². The van der Waals surface area contributed by atoms with E-state index < -0.39 is 13.1 Å². The zero-order chi connectivity index (χ0) is 10.9. The lowest BCUT2D eigenvalue weighted by Gasteiger charge is -2.32. The van der Waals surface area contributed by atoms with Gasteiger partial charge in [0.1, 0.15) is 0 Å². The van der Waals surface area contributed by atoms with Gasteiger partial charge in [-0.1, -0.05) is 13.8 Å². The van der Waals surface area contributed by atoms with Gasteiger partial charge in [0.05, 0.1) is 11.8 Å². The normalized spacial score (nSPS) is 20.3. The van der Waals surface area contributed by atoms with Gasteiger partial charge in [-0.2, -0.15) is 4.39 Å². The van der Waals surface area contributed by atoms with Gasteiger partial charge >= 0.3 is 7.12 Å². The van der Waals surface area contributed by atoms with Crippen molar-refractivity contribution in [2.75, 3.05) is 13.2 Å². The van der Waals surface area contributed by atoms with E-state index in [2.05, 4.69) is 23.8 Å². The first-order valence-corrected chi connectivity index (χ1v) is 4.77. The van der Waals surface area contributed by atoms with E-state index >= 15 is 0 Å². The van der Waals surface area contributed by atoms with Crippen molar-refractivity contribution in [1.29, 1.82) is 0 Å². The van der Waals surface area contributed by atoms with Crippen LogP contribution in [0.1, 0.15) is 13.8 Å². The molecular formula is C9H12BFN2O2. The van der Waals surface area contributed by atoms with E-state index in [0.717, 1.165) is 6.20 Å². The lowest BCUT2D eigenvalue weighted by atomic mass is 9.80. The van der Waals surface area contributed by atoms with Gasteiger partial charge in [-0.15, -0.1) is 0 Å². The molecule has 1 aromatic rings. The highest BCUT2D eigenvalue weighted by atomic mass is 19.1. The minimum absolute atomic E-state index is 0.0178. The summed E-state index contributed by atoms with van der Waals surface area (Å²) in [6.45, 7) is 5.30. The summed E-state index contributed by atoms with van der Waals surface area (Å²) in [5.74, 6) is -0.602. The Labute approximate surface area is 88.0 Å². The Bertz CT molecular complexity index is 334. The molecule has 1 aromatic heterocycles. The van der Waals surface area contributed by atoms with Gasteiger partial charge < -0.3 is 9.31 Å². The Balaban J connectivity index is 2.04. The van der Waals surface area contributed by atoms with Crippen LogP contribution in [0, 0.1) is 11.4 Å². The van der Waals surface area contributed by atoms with Crippen molar-refractivity contribution in [3.8, 4) is 0 Å². The first-order chi connectivity index (χ1) is 7.07. The summed E-state index contributed by atoms with van der Waals surface area (Å²) in [7, 11) is -0.522. The summed E-state index contributed by atoms with van der Waals surface area (Å²) >= 11 is 0. The summed E-state index contributed by atoms with van der Waals surface area (Å²) in [4.78, 5) is 7.36. The molecule has 80 valence electrons. The number of hydrogen-bond acceptors (Lipinski definition) is 4. The fourth-order valence-electron chi connectivity index (χ4n) is 1.31. The van der Waals surface area contributed by atoms with Gasteiger partial charge in [0.2, 0.25) is 5.95 Å². The highest BCUT2D eigenvalue weighted by Gasteiger charge is 2.34. The average Bonchev–Trinajstić information content (AvgIpc) is 2.20. The van der Waals surface area contributed by atoms with E-state index in [1.165, 1.54) is 6.20 Å². The lowest BCUT2D eigenvalue weighted by molar-refractivity contribution is 0.0339. The Morgan fingerprint density at radius 2 is 1.93 bits per heavy atom. The molecule has 0 spiro atoms. The van der Waals surface area contributed by atoms with Crippen molar-refractivity contribution in [2.45, 2.75) is 13.8 Å². The van der Waals surface area contributed by atoms with E-state index in [-0.39, 0.29) is 5.41 Å². The van der Waals surface area contributed by atoms with Crippen LogP contribution in [0.3, 0.4) is 0 Å². The van der Waals surface area contributed by atoms with Gasteiger partial charge in [-0.25, -0.2) is 4.98 Å². The van der Waals surface area contributed by atoms with Crippen molar-refractivity contribution in [3.05, 3.63) is 18.3 Å². The van der Waals surface area contributed by atoms with Crippen LogP contribution in [0.25, 0.3) is 0 Å². The van der Waals surface area contributed by atoms with Gasteiger partial charge in [0.25, 0.3) is 0 Å². The predicted molar refractivity (Wildman–Crippen MR) is 53.1 cm³/mol. The molecule has 15 heavy (non-hydrogen) atoms. The summed E-state index contributed by atoms with van der Waals surface area (Å²) < 4.78 is 23.5. The lowest BCUT2D eigenvalue weighted by Crippen LogP contribution is -2.48. The van der Waals surface area contributed by atoms with Crippen molar-refractivity contribution in [2.24, 2.45) is 5.41 Å². The molecule has 0 amide bonds. The number of halogens is 1. The first kappa shape index (κ1) is 10.5.